The first kappa shape index (κ1) is 35.6. The molecule has 2 heterocycles. The summed E-state index contributed by atoms with van der Waals surface area (Å²) in [6, 6.07) is 14.9. The average Bonchev–Trinajstić information content (AvgIpc) is 2.98. The van der Waals surface area contributed by atoms with Crippen molar-refractivity contribution >= 4 is 82.0 Å². The van der Waals surface area contributed by atoms with Crippen LogP contribution in [0.15, 0.2) is 54.1 Å². The Balaban J connectivity index is 0.00000154. The van der Waals surface area contributed by atoms with Gasteiger partial charge in [-0.05, 0) is 106 Å². The molecule has 0 amide bonds. The van der Waals surface area contributed by atoms with Crippen molar-refractivity contribution < 1.29 is 0 Å². The number of rotatable bonds is 10. The first-order valence-electron chi connectivity index (χ1n) is 16.3. The zero-order valence-corrected chi connectivity index (χ0v) is 29.4. The molecule has 7 rings (SSSR count). The lowest BCUT2D eigenvalue weighted by molar-refractivity contribution is 0.433. The molecular weight excluding hydrogens is 642 g/mol. The molecule has 4 nitrogen and oxygen atoms in total. The minimum absolute atomic E-state index is 0. The molecule has 2 aromatic carbocycles. The summed E-state index contributed by atoms with van der Waals surface area (Å²) in [6.07, 6.45) is 16.9. The Labute approximate surface area is 291 Å². The number of pyridine rings is 2. The third-order valence-electron chi connectivity index (χ3n) is 9.73. The summed E-state index contributed by atoms with van der Waals surface area (Å²) in [5.74, 6) is 1.21. The molecule has 2 bridgehead atoms. The van der Waals surface area contributed by atoms with Gasteiger partial charge in [0.25, 0.3) is 0 Å². The van der Waals surface area contributed by atoms with Crippen molar-refractivity contribution in [3.05, 3.63) is 81.7 Å². The minimum Gasteiger partial charge on any atom is -0.384 e. The molecule has 3 aliphatic carbocycles. The second-order valence-corrected chi connectivity index (χ2v) is 13.3. The van der Waals surface area contributed by atoms with Crippen molar-refractivity contribution in [3.8, 4) is 0 Å². The van der Waals surface area contributed by atoms with Crippen molar-refractivity contribution in [2.75, 3.05) is 23.7 Å². The van der Waals surface area contributed by atoms with Crippen molar-refractivity contribution in [1.29, 1.82) is 0 Å². The van der Waals surface area contributed by atoms with Gasteiger partial charge in [0.1, 0.15) is 0 Å². The Hall–Kier alpha value is -2.24. The van der Waals surface area contributed by atoms with E-state index in [2.05, 4.69) is 54.0 Å². The van der Waals surface area contributed by atoms with Gasteiger partial charge in [-0.15, -0.1) is 37.2 Å². The monoisotopic (exact) mass is 686 g/mol. The lowest BCUT2D eigenvalue weighted by Gasteiger charge is -2.36. The maximum Gasteiger partial charge on any atom is 0.0741 e. The van der Waals surface area contributed by atoms with Crippen LogP contribution in [0, 0.1) is 5.92 Å². The number of para-hydroxylation sites is 1. The van der Waals surface area contributed by atoms with Crippen LogP contribution in [0.2, 0.25) is 5.02 Å². The maximum absolute atomic E-state index is 6.38. The van der Waals surface area contributed by atoms with Crippen LogP contribution < -0.4 is 10.6 Å². The Kier molecular flexibility index (Phi) is 12.7. The fraction of sp³-hybridized carbons (Fsp3) is 0.459. The summed E-state index contributed by atoms with van der Waals surface area (Å²) in [5, 5.41) is 11.0. The molecule has 3 aliphatic rings. The summed E-state index contributed by atoms with van der Waals surface area (Å²) in [5.41, 5.74) is 11.9. The van der Waals surface area contributed by atoms with Crippen LogP contribution in [0.5, 0.6) is 0 Å². The van der Waals surface area contributed by atoms with E-state index in [1.165, 1.54) is 102 Å². The highest BCUT2D eigenvalue weighted by molar-refractivity contribution is 6.31. The topological polar surface area (TPSA) is 49.8 Å². The van der Waals surface area contributed by atoms with E-state index in [9.17, 15) is 0 Å². The molecule has 242 valence electrons. The van der Waals surface area contributed by atoms with Crippen LogP contribution in [0.25, 0.3) is 21.8 Å². The normalized spacial score (nSPS) is 18.0. The zero-order valence-electron chi connectivity index (χ0n) is 26.2. The van der Waals surface area contributed by atoms with Crippen LogP contribution in [-0.2, 0) is 19.3 Å². The smallest absolute Gasteiger partial charge is 0.0741 e. The molecule has 0 saturated carbocycles. The highest BCUT2D eigenvalue weighted by Crippen LogP contribution is 2.47. The summed E-state index contributed by atoms with van der Waals surface area (Å²) < 4.78 is 0. The summed E-state index contributed by atoms with van der Waals surface area (Å²) in [4.78, 5) is 10.1. The van der Waals surface area contributed by atoms with E-state index in [-0.39, 0.29) is 37.2 Å². The van der Waals surface area contributed by atoms with Gasteiger partial charge in [-0.2, -0.15) is 0 Å². The first-order valence-corrected chi connectivity index (χ1v) is 16.7. The van der Waals surface area contributed by atoms with Crippen molar-refractivity contribution in [1.82, 2.24) is 9.97 Å². The number of halogens is 4. The highest BCUT2D eigenvalue weighted by atomic mass is 35.5. The number of unbranched alkanes of at least 4 members (excludes halogenated alkanes) is 4. The maximum atomic E-state index is 6.38. The second kappa shape index (κ2) is 16.0. The summed E-state index contributed by atoms with van der Waals surface area (Å²) in [7, 11) is 0. The van der Waals surface area contributed by atoms with E-state index in [1.807, 2.05) is 12.1 Å². The number of fused-ring (bicyclic) bond motifs is 7. The van der Waals surface area contributed by atoms with Crippen molar-refractivity contribution in [2.45, 2.75) is 89.9 Å². The molecule has 0 spiro atoms. The molecule has 45 heavy (non-hydrogen) atoms. The predicted octanol–water partition coefficient (Wildman–Crippen LogP) is 11.1. The van der Waals surface area contributed by atoms with Gasteiger partial charge >= 0.3 is 0 Å². The third-order valence-corrected chi connectivity index (χ3v) is 9.97. The minimum atomic E-state index is 0. The van der Waals surface area contributed by atoms with Crippen LogP contribution in [0.1, 0.15) is 93.1 Å². The first-order chi connectivity index (χ1) is 20.6. The Bertz CT molecular complexity index is 1650. The lowest BCUT2D eigenvalue weighted by atomic mass is 9.71. The number of nitrogens with one attached hydrogen (secondary N) is 2. The van der Waals surface area contributed by atoms with Gasteiger partial charge in [0, 0.05) is 57.2 Å². The molecule has 0 unspecified atom stereocenters. The molecule has 0 aliphatic heterocycles. The molecule has 0 saturated heterocycles. The van der Waals surface area contributed by atoms with Gasteiger partial charge in [0.15, 0.2) is 0 Å². The molecule has 0 radical (unpaired) electrons. The molecule has 2 N–H and O–H groups in total. The number of benzene rings is 2. The van der Waals surface area contributed by atoms with Crippen LogP contribution >= 0.6 is 48.8 Å². The molecule has 4 aromatic rings. The predicted molar refractivity (Wildman–Crippen MR) is 200 cm³/mol. The number of allylic oxidation sites excluding steroid dienone is 2. The van der Waals surface area contributed by atoms with Crippen LogP contribution in [0.3, 0.4) is 0 Å². The second-order valence-electron chi connectivity index (χ2n) is 12.9. The molecule has 2 aromatic heterocycles. The third kappa shape index (κ3) is 7.67. The molecule has 2 atom stereocenters. The summed E-state index contributed by atoms with van der Waals surface area (Å²) in [6.45, 7) is 4.34. The van der Waals surface area contributed by atoms with Gasteiger partial charge in [0.05, 0.1) is 11.0 Å². The lowest BCUT2D eigenvalue weighted by Crippen LogP contribution is -2.24. The Morgan fingerprint density at radius 1 is 0.756 bits per heavy atom. The average molecular weight is 689 g/mol. The quantitative estimate of drug-likeness (QED) is 0.129. The van der Waals surface area contributed by atoms with E-state index >= 15 is 0 Å². The SMILES string of the molecule is CC1=C[C@H]2Cc3nc4cc(Cl)ccc4c(NCCCCCCCNc4c5c(nc6ccccc46)CCCC5)c3[C@@H](C1)C2.Cl.Cl.Cl. The number of nitrogens with zero attached hydrogens (tertiary/aromatic N) is 2. The fourth-order valence-corrected chi connectivity index (χ4v) is 8.02. The number of hydrogen-bond donors (Lipinski definition) is 2. The van der Waals surface area contributed by atoms with Crippen molar-refractivity contribution in [3.63, 3.8) is 0 Å². The standard InChI is InChI=1S/C37H43ClN4.3ClH/c1-24-19-25-21-26(20-24)35-34(22-25)42-33-23-27(38)15-16-30(33)37(35)40-18-10-4-2-3-9-17-39-36-28-11-5-7-13-31(28)41-32-14-8-6-12-29(32)36;;;/h5,7,11,13,15-16,19,23,25-26H,2-4,6,8-10,12,14,17-18,20-22H2,1H3,(H,39,41)(H,40,42);3*1H/t25-,26+;;;/m1.../s1. The molecule has 8 heteroatoms. The number of aromatic nitrogens is 2. The van der Waals surface area contributed by atoms with E-state index in [1.54, 1.807) is 0 Å². The van der Waals surface area contributed by atoms with E-state index in [0.717, 1.165) is 54.8 Å². The van der Waals surface area contributed by atoms with Gasteiger partial charge in [-0.25, -0.2) is 0 Å². The van der Waals surface area contributed by atoms with E-state index < -0.39 is 0 Å². The van der Waals surface area contributed by atoms with E-state index in [0.29, 0.717) is 11.8 Å². The zero-order chi connectivity index (χ0) is 28.5. The van der Waals surface area contributed by atoms with Crippen LogP contribution in [-0.4, -0.2) is 23.1 Å². The number of aryl methyl sites for hydroxylation is 1. The van der Waals surface area contributed by atoms with Crippen LogP contribution in [0.4, 0.5) is 11.4 Å². The molecule has 0 fully saturated rings. The van der Waals surface area contributed by atoms with E-state index in [4.69, 9.17) is 21.6 Å². The number of anilines is 2. The highest BCUT2D eigenvalue weighted by Gasteiger charge is 2.33. The Morgan fingerprint density at radius 3 is 2.27 bits per heavy atom. The van der Waals surface area contributed by atoms with Gasteiger partial charge in [-0.1, -0.05) is 60.7 Å². The fourth-order valence-electron chi connectivity index (χ4n) is 7.86. The van der Waals surface area contributed by atoms with Gasteiger partial charge in [-0.3, -0.25) is 9.97 Å². The Morgan fingerprint density at radius 2 is 1.44 bits per heavy atom. The van der Waals surface area contributed by atoms with Crippen molar-refractivity contribution in [2.24, 2.45) is 5.92 Å². The van der Waals surface area contributed by atoms with Gasteiger partial charge in [0.2, 0.25) is 0 Å². The number of hydrogen-bond acceptors (Lipinski definition) is 4. The van der Waals surface area contributed by atoms with Gasteiger partial charge < -0.3 is 10.6 Å². The molecular formula is C37H46Cl4N4. The largest absolute Gasteiger partial charge is 0.384 e. The summed E-state index contributed by atoms with van der Waals surface area (Å²) >= 11 is 6.38.